The summed E-state index contributed by atoms with van der Waals surface area (Å²) in [6, 6.07) is 9.60. The van der Waals surface area contributed by atoms with Gasteiger partial charge in [0.15, 0.2) is 5.69 Å². The summed E-state index contributed by atoms with van der Waals surface area (Å²) in [7, 11) is 1.60. The topological polar surface area (TPSA) is 72.9 Å². The fourth-order valence-corrected chi connectivity index (χ4v) is 2.13. The van der Waals surface area contributed by atoms with Gasteiger partial charge in [-0.1, -0.05) is 31.5 Å². The highest BCUT2D eigenvalue weighted by atomic mass is 16.1. The van der Waals surface area contributed by atoms with Gasteiger partial charge < -0.3 is 11.1 Å². The largest absolute Gasteiger partial charge is 0.383 e. The molecule has 5 heteroatoms. The molecule has 5 nitrogen and oxygen atoms in total. The number of rotatable bonds is 5. The van der Waals surface area contributed by atoms with E-state index in [0.717, 1.165) is 30.5 Å². The summed E-state index contributed by atoms with van der Waals surface area (Å²) in [5, 5.41) is 7.00. The minimum Gasteiger partial charge on any atom is -0.383 e. The van der Waals surface area contributed by atoms with E-state index in [-0.39, 0.29) is 5.91 Å². The van der Waals surface area contributed by atoms with E-state index in [1.165, 1.54) is 0 Å². The number of anilines is 1. The Morgan fingerprint density at radius 3 is 2.65 bits per heavy atom. The van der Waals surface area contributed by atoms with Crippen LogP contribution in [0, 0.1) is 0 Å². The van der Waals surface area contributed by atoms with E-state index >= 15 is 0 Å². The molecule has 0 spiro atoms. The summed E-state index contributed by atoms with van der Waals surface area (Å²) >= 11 is 0. The predicted molar refractivity (Wildman–Crippen MR) is 80.0 cm³/mol. The van der Waals surface area contributed by atoms with Crippen molar-refractivity contribution in [3.63, 3.8) is 0 Å². The number of carbonyl (C=O) groups is 1. The van der Waals surface area contributed by atoms with Crippen molar-refractivity contribution in [3.8, 4) is 5.69 Å². The Balaban J connectivity index is 2.49. The minimum absolute atomic E-state index is 0.197. The number of amides is 1. The Morgan fingerprint density at radius 2 is 2.05 bits per heavy atom. The third-order valence-corrected chi connectivity index (χ3v) is 3.25. The molecule has 1 heterocycles. The lowest BCUT2D eigenvalue weighted by Gasteiger charge is -2.04. The van der Waals surface area contributed by atoms with Crippen LogP contribution in [0.25, 0.3) is 5.69 Å². The summed E-state index contributed by atoms with van der Waals surface area (Å²) in [5.41, 5.74) is 8.30. The molecule has 0 fully saturated rings. The van der Waals surface area contributed by atoms with Crippen LogP contribution in [0.15, 0.2) is 30.3 Å². The SMILES string of the molecule is CCCCc1c(C(=O)NC)nn(-c2ccccc2)c1N. The Kier molecular flexibility index (Phi) is 4.40. The zero-order valence-corrected chi connectivity index (χ0v) is 11.9. The summed E-state index contributed by atoms with van der Waals surface area (Å²) < 4.78 is 1.63. The fourth-order valence-electron chi connectivity index (χ4n) is 2.13. The molecule has 1 aromatic heterocycles. The number of benzene rings is 1. The number of unbranched alkanes of at least 4 members (excludes halogenated alkanes) is 1. The summed E-state index contributed by atoms with van der Waals surface area (Å²) in [4.78, 5) is 12.0. The Bertz CT molecular complexity index is 589. The van der Waals surface area contributed by atoms with E-state index in [1.807, 2.05) is 30.3 Å². The standard InChI is InChI=1S/C15H20N4O/c1-3-4-10-12-13(15(20)17-2)18-19(14(12)16)11-8-6-5-7-9-11/h5-9H,3-4,10,16H2,1-2H3,(H,17,20). The van der Waals surface area contributed by atoms with Crippen LogP contribution < -0.4 is 11.1 Å². The van der Waals surface area contributed by atoms with Crippen molar-refractivity contribution in [2.24, 2.45) is 0 Å². The molecule has 2 aromatic rings. The average molecular weight is 272 g/mol. The number of nitrogens with zero attached hydrogens (tertiary/aromatic N) is 2. The lowest BCUT2D eigenvalue weighted by atomic mass is 10.1. The van der Waals surface area contributed by atoms with E-state index in [2.05, 4.69) is 17.3 Å². The van der Waals surface area contributed by atoms with Gasteiger partial charge in [-0.15, -0.1) is 0 Å². The molecule has 0 aliphatic carbocycles. The van der Waals surface area contributed by atoms with Crippen LogP contribution in [0.3, 0.4) is 0 Å². The number of nitrogens with one attached hydrogen (secondary N) is 1. The maximum Gasteiger partial charge on any atom is 0.271 e. The van der Waals surface area contributed by atoms with Crippen molar-refractivity contribution in [3.05, 3.63) is 41.6 Å². The molecule has 0 atom stereocenters. The highest BCUT2D eigenvalue weighted by Crippen LogP contribution is 2.23. The zero-order chi connectivity index (χ0) is 14.5. The first-order valence-corrected chi connectivity index (χ1v) is 6.83. The molecule has 0 aliphatic heterocycles. The summed E-state index contributed by atoms with van der Waals surface area (Å²) in [6.07, 6.45) is 2.79. The molecule has 3 N–H and O–H groups in total. The monoisotopic (exact) mass is 272 g/mol. The molecule has 20 heavy (non-hydrogen) atoms. The summed E-state index contributed by atoms with van der Waals surface area (Å²) in [6.45, 7) is 2.11. The van der Waals surface area contributed by atoms with E-state index in [9.17, 15) is 4.79 Å². The molecule has 0 unspecified atom stereocenters. The quantitative estimate of drug-likeness (QED) is 0.876. The molecular weight excluding hydrogens is 252 g/mol. The van der Waals surface area contributed by atoms with E-state index in [0.29, 0.717) is 11.5 Å². The highest BCUT2D eigenvalue weighted by Gasteiger charge is 2.20. The Labute approximate surface area is 118 Å². The van der Waals surface area contributed by atoms with Crippen LogP contribution in [0.5, 0.6) is 0 Å². The maximum absolute atomic E-state index is 12.0. The van der Waals surface area contributed by atoms with Crippen LogP contribution in [0.2, 0.25) is 0 Å². The number of hydrogen-bond donors (Lipinski definition) is 2. The predicted octanol–water partition coefficient (Wildman–Crippen LogP) is 2.16. The van der Waals surface area contributed by atoms with Crippen molar-refractivity contribution in [2.45, 2.75) is 26.2 Å². The second kappa shape index (κ2) is 6.23. The van der Waals surface area contributed by atoms with E-state index < -0.39 is 0 Å². The first-order chi connectivity index (χ1) is 9.69. The van der Waals surface area contributed by atoms with Gasteiger partial charge >= 0.3 is 0 Å². The minimum atomic E-state index is -0.197. The van der Waals surface area contributed by atoms with Crippen LogP contribution >= 0.6 is 0 Å². The van der Waals surface area contributed by atoms with Crippen molar-refractivity contribution in [1.29, 1.82) is 0 Å². The molecule has 1 aromatic carbocycles. The first kappa shape index (κ1) is 14.1. The van der Waals surface area contributed by atoms with Crippen LogP contribution in [0.4, 0.5) is 5.82 Å². The molecule has 0 saturated heterocycles. The summed E-state index contributed by atoms with van der Waals surface area (Å²) in [5.74, 6) is 0.348. The second-order valence-corrected chi connectivity index (χ2v) is 4.64. The van der Waals surface area contributed by atoms with Crippen molar-refractivity contribution in [2.75, 3.05) is 12.8 Å². The van der Waals surface area contributed by atoms with Gasteiger partial charge in [-0.2, -0.15) is 5.10 Å². The van der Waals surface area contributed by atoms with Crippen LogP contribution in [-0.2, 0) is 6.42 Å². The number of aromatic nitrogens is 2. The van der Waals surface area contributed by atoms with Crippen molar-refractivity contribution in [1.82, 2.24) is 15.1 Å². The van der Waals surface area contributed by atoms with Crippen LogP contribution in [0.1, 0.15) is 35.8 Å². The highest BCUT2D eigenvalue weighted by molar-refractivity contribution is 5.94. The molecule has 0 aliphatic rings. The molecule has 106 valence electrons. The Hall–Kier alpha value is -2.30. The fraction of sp³-hybridized carbons (Fsp3) is 0.333. The molecular formula is C15H20N4O. The van der Waals surface area contributed by atoms with Gasteiger partial charge in [0.25, 0.3) is 5.91 Å². The van der Waals surface area contributed by atoms with Crippen molar-refractivity contribution < 1.29 is 4.79 Å². The van der Waals surface area contributed by atoms with E-state index in [1.54, 1.807) is 11.7 Å². The smallest absolute Gasteiger partial charge is 0.271 e. The van der Waals surface area contributed by atoms with Crippen LogP contribution in [-0.4, -0.2) is 22.7 Å². The average Bonchev–Trinajstić information content (AvgIpc) is 2.82. The van der Waals surface area contributed by atoms with Gasteiger partial charge in [-0.05, 0) is 25.0 Å². The maximum atomic E-state index is 12.0. The van der Waals surface area contributed by atoms with Gasteiger partial charge in [0.2, 0.25) is 0 Å². The van der Waals surface area contributed by atoms with Gasteiger partial charge in [-0.25, -0.2) is 4.68 Å². The molecule has 0 bridgehead atoms. The van der Waals surface area contributed by atoms with Gasteiger partial charge in [0, 0.05) is 12.6 Å². The second-order valence-electron chi connectivity index (χ2n) is 4.64. The molecule has 0 saturated carbocycles. The number of nitrogen functional groups attached to an aromatic ring is 1. The normalized spacial score (nSPS) is 10.5. The van der Waals surface area contributed by atoms with Crippen molar-refractivity contribution >= 4 is 11.7 Å². The van der Waals surface area contributed by atoms with Gasteiger partial charge in [-0.3, -0.25) is 4.79 Å². The third-order valence-electron chi connectivity index (χ3n) is 3.25. The van der Waals surface area contributed by atoms with Gasteiger partial charge in [0.1, 0.15) is 5.82 Å². The Morgan fingerprint density at radius 1 is 1.35 bits per heavy atom. The lowest BCUT2D eigenvalue weighted by Crippen LogP contribution is -2.20. The van der Waals surface area contributed by atoms with E-state index in [4.69, 9.17) is 5.73 Å². The number of carbonyl (C=O) groups excluding carboxylic acids is 1. The van der Waals surface area contributed by atoms with Gasteiger partial charge in [0.05, 0.1) is 5.69 Å². The zero-order valence-electron chi connectivity index (χ0n) is 11.9. The number of nitrogens with two attached hydrogens (primary N) is 1. The first-order valence-electron chi connectivity index (χ1n) is 6.83. The molecule has 2 rings (SSSR count). The number of para-hydroxylation sites is 1. The number of hydrogen-bond acceptors (Lipinski definition) is 3. The third kappa shape index (κ3) is 2.66. The lowest BCUT2D eigenvalue weighted by molar-refractivity contribution is 0.0957. The molecule has 0 radical (unpaired) electrons. The molecule has 1 amide bonds.